The van der Waals surface area contributed by atoms with Gasteiger partial charge < -0.3 is 0 Å². The fraction of sp³-hybridized carbons (Fsp3) is 0.143. The normalized spacial score (nSPS) is 9.50. The Morgan fingerprint density at radius 1 is 1.10 bits per heavy atom. The van der Waals surface area contributed by atoms with E-state index in [-0.39, 0.29) is 0 Å². The molecule has 0 saturated heterocycles. The summed E-state index contributed by atoms with van der Waals surface area (Å²) in [5.74, 6) is 0. The van der Waals surface area contributed by atoms with Crippen LogP contribution in [0.25, 0.3) is 0 Å². The van der Waals surface area contributed by atoms with E-state index in [1.54, 1.807) is 3.07 Å². The molecule has 1 aromatic rings. The summed E-state index contributed by atoms with van der Waals surface area (Å²) in [6.45, 7) is 0. The first-order valence-electron chi connectivity index (χ1n) is 3.11. The van der Waals surface area contributed by atoms with E-state index >= 15 is 0 Å². The van der Waals surface area contributed by atoms with Gasteiger partial charge in [-0.05, 0) is 0 Å². The van der Waals surface area contributed by atoms with Crippen LogP contribution in [-0.4, -0.2) is 1.25 Å². The van der Waals surface area contributed by atoms with Gasteiger partial charge in [0.05, 0.1) is 0 Å². The van der Waals surface area contributed by atoms with Crippen molar-refractivity contribution < 1.29 is 24.6 Å². The first-order chi connectivity index (χ1) is 4.79. The molecule has 0 aliphatic heterocycles. The average Bonchev–Trinajstić information content (AvgIpc) is 1.88. The Balaban J connectivity index is 2.59. The summed E-state index contributed by atoms with van der Waals surface area (Å²) in [5.41, 5.74) is 0. The van der Waals surface area contributed by atoms with Crippen LogP contribution >= 0.6 is 31.9 Å². The molecule has 0 nitrogen and oxygen atoms in total. The third-order valence-corrected chi connectivity index (χ3v) is 11.8. The summed E-state index contributed by atoms with van der Waals surface area (Å²) in [7, 11) is 0. The van der Waals surface area contributed by atoms with E-state index in [9.17, 15) is 0 Å². The second-order valence-electron chi connectivity index (χ2n) is 2.08. The summed E-state index contributed by atoms with van der Waals surface area (Å²) in [6, 6.07) is 10.7. The van der Waals surface area contributed by atoms with Crippen molar-refractivity contribution in [3.63, 3.8) is 0 Å². The topological polar surface area (TPSA) is 0 Å². The van der Waals surface area contributed by atoms with Crippen molar-refractivity contribution in [1.82, 2.24) is 0 Å². The first kappa shape index (κ1) is 9.21. The van der Waals surface area contributed by atoms with Gasteiger partial charge >= 0.3 is 91.1 Å². The van der Waals surface area contributed by atoms with Crippen LogP contribution in [0, 0.1) is 0 Å². The minimum atomic E-state index is -0.846. The monoisotopic (exact) mass is 450 g/mol. The van der Waals surface area contributed by atoms with Crippen molar-refractivity contribution in [2.75, 3.05) is 0 Å². The van der Waals surface area contributed by atoms with E-state index in [0.29, 0.717) is 1.25 Å². The van der Waals surface area contributed by atoms with Crippen LogP contribution in [-0.2, 0) is 24.6 Å². The standard InChI is InChI=1S/C6H5.CHBr2.Hg/c1-2-4-6-5-3-1;2-1-3;/h1-5H;1H;. The third kappa shape index (κ3) is 3.49. The molecular formula is C7H6Br2Hg. The van der Waals surface area contributed by atoms with Crippen molar-refractivity contribution in [2.45, 2.75) is 1.25 Å². The Kier molecular flexibility index (Phi) is 4.50. The van der Waals surface area contributed by atoms with E-state index < -0.39 is 24.6 Å². The van der Waals surface area contributed by atoms with Crippen molar-refractivity contribution in [2.24, 2.45) is 0 Å². The van der Waals surface area contributed by atoms with Gasteiger partial charge in [-0.15, -0.1) is 0 Å². The van der Waals surface area contributed by atoms with Crippen LogP contribution in [0.5, 0.6) is 0 Å². The fourth-order valence-electron chi connectivity index (χ4n) is 0.792. The van der Waals surface area contributed by atoms with Gasteiger partial charge in [-0.2, -0.15) is 0 Å². The molecule has 1 rings (SSSR count). The number of rotatable bonds is 2. The number of hydrogen-bond donors (Lipinski definition) is 0. The van der Waals surface area contributed by atoms with E-state index in [1.165, 1.54) is 0 Å². The minimum absolute atomic E-state index is 0.613. The molecule has 0 amide bonds. The van der Waals surface area contributed by atoms with Gasteiger partial charge in [0.1, 0.15) is 0 Å². The van der Waals surface area contributed by atoms with Gasteiger partial charge in [-0.1, -0.05) is 0 Å². The van der Waals surface area contributed by atoms with Crippen LogP contribution < -0.4 is 3.07 Å². The van der Waals surface area contributed by atoms with Crippen molar-refractivity contribution in [3.05, 3.63) is 30.3 Å². The molecule has 10 heavy (non-hydrogen) atoms. The zero-order valence-electron chi connectivity index (χ0n) is 5.43. The molecule has 0 saturated carbocycles. The van der Waals surface area contributed by atoms with Crippen molar-refractivity contribution in [3.8, 4) is 0 Å². The van der Waals surface area contributed by atoms with Gasteiger partial charge in [0, 0.05) is 0 Å². The molecule has 1 aromatic carbocycles. The van der Waals surface area contributed by atoms with Crippen LogP contribution in [0.4, 0.5) is 0 Å². The Bertz CT molecular complexity index is 186. The third-order valence-electron chi connectivity index (χ3n) is 1.23. The average molecular weight is 451 g/mol. The van der Waals surface area contributed by atoms with Crippen molar-refractivity contribution in [1.29, 1.82) is 0 Å². The summed E-state index contributed by atoms with van der Waals surface area (Å²) in [5, 5.41) is 0. The molecule has 0 unspecified atom stereocenters. The second kappa shape index (κ2) is 4.89. The predicted octanol–water partition coefficient (Wildman–Crippen LogP) is 2.47. The van der Waals surface area contributed by atoms with Gasteiger partial charge in [0.2, 0.25) is 0 Å². The molecule has 0 bridgehead atoms. The molecule has 0 aliphatic carbocycles. The molecule has 0 atom stereocenters. The first-order valence-corrected chi connectivity index (χ1v) is 10.9. The molecule has 0 radical (unpaired) electrons. The van der Waals surface area contributed by atoms with Crippen molar-refractivity contribution >= 4 is 34.9 Å². The van der Waals surface area contributed by atoms with E-state index in [0.717, 1.165) is 0 Å². The van der Waals surface area contributed by atoms with Crippen LogP contribution in [0.2, 0.25) is 0 Å². The van der Waals surface area contributed by atoms with Gasteiger partial charge in [-0.3, -0.25) is 0 Å². The number of alkyl halides is 2. The molecule has 0 aliphatic rings. The molecule has 0 heterocycles. The quantitative estimate of drug-likeness (QED) is 0.480. The molecule has 0 spiro atoms. The van der Waals surface area contributed by atoms with E-state index in [1.807, 2.05) is 0 Å². The van der Waals surface area contributed by atoms with Gasteiger partial charge in [-0.25, -0.2) is 0 Å². The van der Waals surface area contributed by atoms with Gasteiger partial charge in [0.15, 0.2) is 0 Å². The molecular weight excluding hydrogens is 444 g/mol. The second-order valence-corrected chi connectivity index (χ2v) is 22.7. The number of hydrogen-bond acceptors (Lipinski definition) is 0. The number of benzene rings is 1. The summed E-state index contributed by atoms with van der Waals surface area (Å²) in [6.07, 6.45) is 0. The Hall–Kier alpha value is 1.12. The Morgan fingerprint density at radius 2 is 1.70 bits per heavy atom. The van der Waals surface area contributed by atoms with Crippen LogP contribution in [0.1, 0.15) is 0 Å². The Morgan fingerprint density at radius 3 is 2.20 bits per heavy atom. The molecule has 3 heteroatoms. The SMILES string of the molecule is Br[CH](Br)[Hg][c]1ccccc1. The summed E-state index contributed by atoms with van der Waals surface area (Å²) < 4.78 is 2.18. The molecule has 50 valence electrons. The maximum absolute atomic E-state index is 3.53. The van der Waals surface area contributed by atoms with Gasteiger partial charge in [0.25, 0.3) is 0 Å². The molecule has 0 aromatic heterocycles. The predicted molar refractivity (Wildman–Crippen MR) is 47.7 cm³/mol. The Labute approximate surface area is 90.1 Å². The van der Waals surface area contributed by atoms with E-state index in [2.05, 4.69) is 62.2 Å². The summed E-state index contributed by atoms with van der Waals surface area (Å²) >= 11 is 6.21. The summed E-state index contributed by atoms with van der Waals surface area (Å²) in [4.78, 5) is 0. The van der Waals surface area contributed by atoms with Crippen LogP contribution in [0.3, 0.4) is 0 Å². The van der Waals surface area contributed by atoms with E-state index in [4.69, 9.17) is 0 Å². The number of halogens is 2. The molecule has 0 fully saturated rings. The van der Waals surface area contributed by atoms with Crippen LogP contribution in [0.15, 0.2) is 30.3 Å². The maximum atomic E-state index is 3.53. The zero-order valence-corrected chi connectivity index (χ0v) is 14.1. The zero-order chi connectivity index (χ0) is 7.40. The molecule has 0 N–H and O–H groups in total. The fourth-order valence-corrected chi connectivity index (χ4v) is 10.9.